The molecule has 2 aromatic heterocycles. The van der Waals surface area contributed by atoms with Gasteiger partial charge in [-0.25, -0.2) is 19.7 Å². The summed E-state index contributed by atoms with van der Waals surface area (Å²) >= 11 is 1.57. The van der Waals surface area contributed by atoms with E-state index in [9.17, 15) is 4.79 Å². The first kappa shape index (κ1) is 17.8. The lowest BCUT2D eigenvalue weighted by Crippen LogP contribution is -2.43. The van der Waals surface area contributed by atoms with Gasteiger partial charge in [0.2, 0.25) is 0 Å². The molecule has 3 heterocycles. The second-order valence-electron chi connectivity index (χ2n) is 7.37. The molecule has 0 N–H and O–H groups in total. The number of likely N-dealkylation sites (tertiary alicyclic amines) is 1. The molecule has 134 valence electrons. The minimum Gasteiger partial charge on any atom is -0.444 e. The lowest BCUT2D eigenvalue weighted by atomic mass is 9.93. The Kier molecular flexibility index (Phi) is 5.32. The maximum atomic E-state index is 12.3. The van der Waals surface area contributed by atoms with Crippen LogP contribution in [0.15, 0.2) is 24.0 Å². The summed E-state index contributed by atoms with van der Waals surface area (Å²) in [6.45, 7) is 7.17. The number of hydrogen-bond donors (Lipinski definition) is 0. The van der Waals surface area contributed by atoms with Gasteiger partial charge in [-0.05, 0) is 52.0 Å². The van der Waals surface area contributed by atoms with Crippen LogP contribution >= 0.6 is 11.3 Å². The van der Waals surface area contributed by atoms with Crippen LogP contribution in [-0.4, -0.2) is 44.6 Å². The van der Waals surface area contributed by atoms with E-state index >= 15 is 0 Å². The van der Waals surface area contributed by atoms with Crippen molar-refractivity contribution in [2.75, 3.05) is 13.1 Å². The lowest BCUT2D eigenvalue weighted by Gasteiger charge is -2.34. The van der Waals surface area contributed by atoms with E-state index in [1.807, 2.05) is 37.1 Å². The third-order valence-electron chi connectivity index (χ3n) is 4.04. The van der Waals surface area contributed by atoms with Crippen molar-refractivity contribution in [3.63, 3.8) is 0 Å². The molecule has 0 radical (unpaired) electrons. The fourth-order valence-corrected chi connectivity index (χ4v) is 3.60. The topological polar surface area (TPSA) is 68.2 Å². The third-order valence-corrected chi connectivity index (χ3v) is 4.84. The highest BCUT2D eigenvalue weighted by Crippen LogP contribution is 2.24. The van der Waals surface area contributed by atoms with Crippen LogP contribution in [0.3, 0.4) is 0 Å². The molecular weight excluding hydrogens is 336 g/mol. The molecule has 0 saturated carbocycles. The average molecular weight is 360 g/mol. The van der Waals surface area contributed by atoms with Gasteiger partial charge in [-0.2, -0.15) is 0 Å². The molecule has 0 bridgehead atoms. The van der Waals surface area contributed by atoms with Crippen LogP contribution in [0.25, 0.3) is 10.7 Å². The van der Waals surface area contributed by atoms with E-state index in [1.165, 1.54) is 0 Å². The number of nitrogens with zero attached hydrogens (tertiary/aromatic N) is 4. The number of hydrogen-bond acceptors (Lipinski definition) is 6. The van der Waals surface area contributed by atoms with E-state index in [0.717, 1.165) is 42.2 Å². The Morgan fingerprint density at radius 1 is 1.36 bits per heavy atom. The van der Waals surface area contributed by atoms with Crippen LogP contribution in [0.4, 0.5) is 4.79 Å². The van der Waals surface area contributed by atoms with E-state index in [4.69, 9.17) is 4.74 Å². The van der Waals surface area contributed by atoms with Gasteiger partial charge in [-0.1, -0.05) is 0 Å². The number of carbonyl (C=O) groups excluding carboxylic acids is 1. The first-order chi connectivity index (χ1) is 11.9. The highest BCUT2D eigenvalue weighted by molar-refractivity contribution is 7.13. The molecule has 3 rings (SSSR count). The summed E-state index contributed by atoms with van der Waals surface area (Å²) in [6.07, 6.45) is 6.08. The van der Waals surface area contributed by atoms with E-state index in [2.05, 4.69) is 15.0 Å². The first-order valence-corrected chi connectivity index (χ1v) is 9.47. The van der Waals surface area contributed by atoms with Gasteiger partial charge >= 0.3 is 6.09 Å². The number of ether oxygens (including phenoxy) is 1. The molecule has 1 amide bonds. The Morgan fingerprint density at radius 3 is 2.92 bits per heavy atom. The van der Waals surface area contributed by atoms with Crippen molar-refractivity contribution >= 4 is 17.4 Å². The van der Waals surface area contributed by atoms with Crippen LogP contribution in [-0.2, 0) is 11.2 Å². The van der Waals surface area contributed by atoms with Crippen LogP contribution in [0.5, 0.6) is 0 Å². The highest BCUT2D eigenvalue weighted by Gasteiger charge is 2.28. The average Bonchev–Trinajstić information content (AvgIpc) is 3.08. The van der Waals surface area contributed by atoms with Gasteiger partial charge < -0.3 is 9.64 Å². The Bertz CT molecular complexity index is 712. The van der Waals surface area contributed by atoms with E-state index in [1.54, 1.807) is 23.9 Å². The first-order valence-electron chi connectivity index (χ1n) is 8.59. The summed E-state index contributed by atoms with van der Waals surface area (Å²) in [5.74, 6) is 0.389. The van der Waals surface area contributed by atoms with E-state index in [0.29, 0.717) is 12.5 Å². The fourth-order valence-electron chi connectivity index (χ4n) is 3.00. The van der Waals surface area contributed by atoms with Gasteiger partial charge in [0.15, 0.2) is 0 Å². The standard InChI is InChI=1S/C18H24N4O2S/c1-18(2,3)24-17(23)22-7-4-5-13(11-22)9-14-10-15(21-12-20-14)16-19-6-8-25-16/h6,8,10,12-13H,4-5,7,9,11H2,1-3H3/t13-/m0/s1. The fraction of sp³-hybridized carbons (Fsp3) is 0.556. The number of piperidine rings is 1. The molecule has 1 fully saturated rings. The smallest absolute Gasteiger partial charge is 0.410 e. The lowest BCUT2D eigenvalue weighted by molar-refractivity contribution is 0.0165. The molecule has 1 aliphatic heterocycles. The SMILES string of the molecule is CC(C)(C)OC(=O)N1CCC[C@@H](Cc2cc(-c3nccs3)ncn2)C1. The largest absolute Gasteiger partial charge is 0.444 e. The van der Waals surface area contributed by atoms with Gasteiger partial charge in [-0.3, -0.25) is 0 Å². The van der Waals surface area contributed by atoms with Crippen molar-refractivity contribution in [1.82, 2.24) is 19.9 Å². The molecule has 0 unspecified atom stereocenters. The quantitative estimate of drug-likeness (QED) is 0.833. The molecule has 0 aliphatic carbocycles. The minimum absolute atomic E-state index is 0.219. The Labute approximate surface area is 152 Å². The summed E-state index contributed by atoms with van der Waals surface area (Å²) in [6, 6.07) is 2.01. The summed E-state index contributed by atoms with van der Waals surface area (Å²) in [5.41, 5.74) is 1.40. The molecule has 25 heavy (non-hydrogen) atoms. The van der Waals surface area contributed by atoms with Crippen molar-refractivity contribution in [2.45, 2.75) is 45.6 Å². The Balaban J connectivity index is 1.63. The van der Waals surface area contributed by atoms with Crippen molar-refractivity contribution < 1.29 is 9.53 Å². The summed E-state index contributed by atoms with van der Waals surface area (Å²) in [7, 11) is 0. The summed E-state index contributed by atoms with van der Waals surface area (Å²) in [5, 5.41) is 2.85. The monoisotopic (exact) mass is 360 g/mol. The van der Waals surface area contributed by atoms with Gasteiger partial charge in [0, 0.05) is 30.4 Å². The minimum atomic E-state index is -0.459. The van der Waals surface area contributed by atoms with Crippen LogP contribution < -0.4 is 0 Å². The highest BCUT2D eigenvalue weighted by atomic mass is 32.1. The number of carbonyl (C=O) groups is 1. The van der Waals surface area contributed by atoms with Crippen molar-refractivity contribution in [1.29, 1.82) is 0 Å². The number of thiazole rings is 1. The maximum absolute atomic E-state index is 12.3. The maximum Gasteiger partial charge on any atom is 0.410 e. The molecule has 1 saturated heterocycles. The zero-order chi connectivity index (χ0) is 17.9. The number of aromatic nitrogens is 3. The van der Waals surface area contributed by atoms with Gasteiger partial charge in [0.1, 0.15) is 22.6 Å². The van der Waals surface area contributed by atoms with Gasteiger partial charge in [0.25, 0.3) is 0 Å². The number of rotatable bonds is 3. The second-order valence-corrected chi connectivity index (χ2v) is 8.27. The van der Waals surface area contributed by atoms with Crippen LogP contribution in [0.1, 0.15) is 39.3 Å². The third kappa shape index (κ3) is 4.98. The normalized spacial score (nSPS) is 18.2. The second kappa shape index (κ2) is 7.47. The van der Waals surface area contributed by atoms with E-state index in [-0.39, 0.29) is 6.09 Å². The molecule has 2 aromatic rings. The van der Waals surface area contributed by atoms with Crippen LogP contribution in [0.2, 0.25) is 0 Å². The van der Waals surface area contributed by atoms with Crippen molar-refractivity contribution in [2.24, 2.45) is 5.92 Å². The molecule has 7 heteroatoms. The molecule has 0 aromatic carbocycles. The summed E-state index contributed by atoms with van der Waals surface area (Å²) in [4.78, 5) is 27.1. The predicted molar refractivity (Wildman–Crippen MR) is 97.4 cm³/mol. The van der Waals surface area contributed by atoms with Crippen molar-refractivity contribution in [3.8, 4) is 10.7 Å². The van der Waals surface area contributed by atoms with Crippen molar-refractivity contribution in [3.05, 3.63) is 29.7 Å². The summed E-state index contributed by atoms with van der Waals surface area (Å²) < 4.78 is 5.50. The number of amides is 1. The van der Waals surface area contributed by atoms with Gasteiger partial charge in [-0.15, -0.1) is 11.3 Å². The Morgan fingerprint density at radius 2 is 2.20 bits per heavy atom. The molecular formula is C18H24N4O2S. The molecule has 0 spiro atoms. The van der Waals surface area contributed by atoms with E-state index < -0.39 is 5.60 Å². The van der Waals surface area contributed by atoms with Gasteiger partial charge in [0.05, 0.1) is 0 Å². The predicted octanol–water partition coefficient (Wildman–Crippen LogP) is 3.79. The molecule has 1 atom stereocenters. The molecule has 6 nitrogen and oxygen atoms in total. The van der Waals surface area contributed by atoms with Crippen LogP contribution in [0, 0.1) is 5.92 Å². The molecule has 1 aliphatic rings. The zero-order valence-electron chi connectivity index (χ0n) is 14.9. The Hall–Kier alpha value is -2.02. The zero-order valence-corrected chi connectivity index (χ0v) is 15.8.